The van der Waals surface area contributed by atoms with Crippen LogP contribution >= 0.6 is 0 Å². The minimum absolute atomic E-state index is 0.478. The Balaban J connectivity index is 2.36. The van der Waals surface area contributed by atoms with Gasteiger partial charge in [-0.25, -0.2) is 0 Å². The van der Waals surface area contributed by atoms with Gasteiger partial charge in [-0.2, -0.15) is 0 Å². The molecule has 0 aliphatic rings. The predicted molar refractivity (Wildman–Crippen MR) is 78.9 cm³/mol. The fraction of sp³-hybridized carbons (Fsp3) is 0.857. The molecular weight excluding hydrogens is 238 g/mol. The lowest BCUT2D eigenvalue weighted by Crippen LogP contribution is -2.31. The summed E-state index contributed by atoms with van der Waals surface area (Å²) in [6.07, 6.45) is 2.04. The minimum atomic E-state index is 0.478. The van der Waals surface area contributed by atoms with Gasteiger partial charge in [-0.1, -0.05) is 39.8 Å². The third-order valence-corrected chi connectivity index (χ3v) is 2.99. The van der Waals surface area contributed by atoms with Crippen LogP contribution in [0, 0.1) is 5.92 Å². The first kappa shape index (κ1) is 16.1. The van der Waals surface area contributed by atoms with Crippen LogP contribution < -0.4 is 5.32 Å². The summed E-state index contributed by atoms with van der Waals surface area (Å²) in [5.41, 5.74) is 1.01. The Morgan fingerprint density at radius 3 is 2.63 bits per heavy atom. The molecule has 1 heterocycles. The van der Waals surface area contributed by atoms with Crippen LogP contribution in [0.4, 0.5) is 0 Å². The van der Waals surface area contributed by atoms with E-state index in [1.807, 2.05) is 10.9 Å². The van der Waals surface area contributed by atoms with Gasteiger partial charge >= 0.3 is 0 Å². The Kier molecular flexibility index (Phi) is 7.02. The fourth-order valence-corrected chi connectivity index (χ4v) is 1.98. The van der Waals surface area contributed by atoms with Gasteiger partial charge in [-0.05, 0) is 12.5 Å². The SMILES string of the molecule is CCN(CCn1cc(CNC(C)C)nn1)CC(C)C. The van der Waals surface area contributed by atoms with E-state index in [0.717, 1.165) is 38.4 Å². The Morgan fingerprint density at radius 2 is 2.05 bits per heavy atom. The lowest BCUT2D eigenvalue weighted by Gasteiger charge is -2.22. The van der Waals surface area contributed by atoms with E-state index >= 15 is 0 Å². The van der Waals surface area contributed by atoms with E-state index in [1.165, 1.54) is 0 Å². The lowest BCUT2D eigenvalue weighted by atomic mass is 10.2. The van der Waals surface area contributed by atoms with Crippen molar-refractivity contribution in [1.82, 2.24) is 25.2 Å². The molecule has 5 heteroatoms. The van der Waals surface area contributed by atoms with E-state index in [4.69, 9.17) is 0 Å². The zero-order valence-corrected chi connectivity index (χ0v) is 13.1. The van der Waals surface area contributed by atoms with Crippen molar-refractivity contribution in [3.05, 3.63) is 11.9 Å². The summed E-state index contributed by atoms with van der Waals surface area (Å²) in [5.74, 6) is 0.710. The van der Waals surface area contributed by atoms with Gasteiger partial charge < -0.3 is 10.2 Å². The highest BCUT2D eigenvalue weighted by molar-refractivity contribution is 4.91. The Morgan fingerprint density at radius 1 is 1.32 bits per heavy atom. The second kappa shape index (κ2) is 8.27. The summed E-state index contributed by atoms with van der Waals surface area (Å²) in [6.45, 7) is 16.0. The maximum absolute atomic E-state index is 4.18. The number of nitrogens with one attached hydrogen (secondary N) is 1. The molecule has 0 aliphatic carbocycles. The van der Waals surface area contributed by atoms with E-state index in [2.05, 4.69) is 55.1 Å². The van der Waals surface area contributed by atoms with Gasteiger partial charge in [0.05, 0.1) is 12.2 Å². The van der Waals surface area contributed by atoms with Crippen LogP contribution in [0.1, 0.15) is 40.3 Å². The van der Waals surface area contributed by atoms with Crippen molar-refractivity contribution in [2.45, 2.75) is 53.8 Å². The van der Waals surface area contributed by atoms with Crippen LogP contribution in [0.15, 0.2) is 6.20 Å². The molecule has 1 N–H and O–H groups in total. The van der Waals surface area contributed by atoms with Crippen molar-refractivity contribution < 1.29 is 0 Å². The molecule has 0 unspecified atom stereocenters. The molecule has 0 bridgehead atoms. The first-order valence-corrected chi connectivity index (χ1v) is 7.36. The van der Waals surface area contributed by atoms with Crippen molar-refractivity contribution in [1.29, 1.82) is 0 Å². The highest BCUT2D eigenvalue weighted by Gasteiger charge is 2.06. The molecule has 110 valence electrons. The Bertz CT molecular complexity index is 345. The molecular formula is C14H29N5. The molecule has 0 spiro atoms. The number of rotatable bonds is 9. The fourth-order valence-electron chi connectivity index (χ4n) is 1.98. The average Bonchev–Trinajstić information content (AvgIpc) is 2.79. The first-order chi connectivity index (χ1) is 9.01. The molecule has 0 saturated heterocycles. The van der Waals surface area contributed by atoms with Crippen molar-refractivity contribution >= 4 is 0 Å². The molecule has 0 atom stereocenters. The van der Waals surface area contributed by atoms with Crippen LogP contribution in [0.2, 0.25) is 0 Å². The quantitative estimate of drug-likeness (QED) is 0.740. The molecule has 1 aromatic rings. The molecule has 0 fully saturated rings. The van der Waals surface area contributed by atoms with Gasteiger partial charge in [-0.15, -0.1) is 5.10 Å². The number of likely N-dealkylation sites (N-methyl/N-ethyl adjacent to an activating group) is 1. The average molecular weight is 267 g/mol. The highest BCUT2D eigenvalue weighted by atomic mass is 15.4. The van der Waals surface area contributed by atoms with Crippen molar-refractivity contribution in [3.8, 4) is 0 Å². The van der Waals surface area contributed by atoms with Crippen LogP contribution in [0.3, 0.4) is 0 Å². The second-order valence-corrected chi connectivity index (χ2v) is 5.80. The van der Waals surface area contributed by atoms with Crippen LogP contribution in [-0.2, 0) is 13.1 Å². The molecule has 1 rings (SSSR count). The van der Waals surface area contributed by atoms with Gasteiger partial charge in [0, 0.05) is 31.9 Å². The van der Waals surface area contributed by atoms with Gasteiger partial charge in [-0.3, -0.25) is 4.68 Å². The largest absolute Gasteiger partial charge is 0.309 e. The molecule has 0 saturated carbocycles. The first-order valence-electron chi connectivity index (χ1n) is 7.36. The zero-order valence-electron chi connectivity index (χ0n) is 13.1. The second-order valence-electron chi connectivity index (χ2n) is 5.80. The van der Waals surface area contributed by atoms with Crippen molar-refractivity contribution in [2.75, 3.05) is 19.6 Å². The van der Waals surface area contributed by atoms with Gasteiger partial charge in [0.15, 0.2) is 0 Å². The molecule has 0 amide bonds. The normalized spacial score (nSPS) is 12.0. The van der Waals surface area contributed by atoms with Gasteiger partial charge in [0.1, 0.15) is 0 Å². The summed E-state index contributed by atoms with van der Waals surface area (Å²) >= 11 is 0. The molecule has 0 aromatic carbocycles. The lowest BCUT2D eigenvalue weighted by molar-refractivity contribution is 0.242. The topological polar surface area (TPSA) is 46.0 Å². The van der Waals surface area contributed by atoms with Crippen molar-refractivity contribution in [3.63, 3.8) is 0 Å². The van der Waals surface area contributed by atoms with E-state index in [0.29, 0.717) is 12.0 Å². The summed E-state index contributed by atoms with van der Waals surface area (Å²) in [4.78, 5) is 2.46. The monoisotopic (exact) mass is 267 g/mol. The maximum atomic E-state index is 4.18. The molecule has 1 aromatic heterocycles. The summed E-state index contributed by atoms with van der Waals surface area (Å²) in [7, 11) is 0. The third kappa shape index (κ3) is 6.68. The molecule has 19 heavy (non-hydrogen) atoms. The van der Waals surface area contributed by atoms with Crippen LogP contribution in [0.25, 0.3) is 0 Å². The third-order valence-electron chi connectivity index (χ3n) is 2.99. The minimum Gasteiger partial charge on any atom is -0.309 e. The van der Waals surface area contributed by atoms with Crippen molar-refractivity contribution in [2.24, 2.45) is 5.92 Å². The Hall–Kier alpha value is -0.940. The standard InChI is InChI=1S/C14H29N5/c1-6-18(10-12(2)3)7-8-19-11-14(16-17-19)9-15-13(4)5/h11-13,15H,6-10H2,1-5H3. The summed E-state index contributed by atoms with van der Waals surface area (Å²) in [5, 5.41) is 11.7. The van der Waals surface area contributed by atoms with E-state index in [1.54, 1.807) is 0 Å². The van der Waals surface area contributed by atoms with E-state index in [9.17, 15) is 0 Å². The molecule has 5 nitrogen and oxygen atoms in total. The van der Waals surface area contributed by atoms with E-state index < -0.39 is 0 Å². The number of hydrogen-bond acceptors (Lipinski definition) is 4. The van der Waals surface area contributed by atoms with E-state index in [-0.39, 0.29) is 0 Å². The molecule has 0 radical (unpaired) electrons. The molecule has 0 aliphatic heterocycles. The highest BCUT2D eigenvalue weighted by Crippen LogP contribution is 2.00. The van der Waals surface area contributed by atoms with Gasteiger partial charge in [0.25, 0.3) is 0 Å². The number of nitrogens with zero attached hydrogens (tertiary/aromatic N) is 4. The maximum Gasteiger partial charge on any atom is 0.0964 e. The van der Waals surface area contributed by atoms with Crippen LogP contribution in [-0.4, -0.2) is 45.6 Å². The zero-order chi connectivity index (χ0) is 14.3. The smallest absolute Gasteiger partial charge is 0.0964 e. The van der Waals surface area contributed by atoms with Crippen LogP contribution in [0.5, 0.6) is 0 Å². The summed E-state index contributed by atoms with van der Waals surface area (Å²) in [6, 6.07) is 0.478. The number of hydrogen-bond donors (Lipinski definition) is 1. The number of aromatic nitrogens is 3. The summed E-state index contributed by atoms with van der Waals surface area (Å²) < 4.78 is 1.94. The van der Waals surface area contributed by atoms with Gasteiger partial charge in [0.2, 0.25) is 0 Å². The Labute approximate surface area is 117 Å². The predicted octanol–water partition coefficient (Wildman–Crippen LogP) is 1.75.